The highest BCUT2D eigenvalue weighted by molar-refractivity contribution is 9.10. The lowest BCUT2D eigenvalue weighted by atomic mass is 10.1. The van der Waals surface area contributed by atoms with Crippen LogP contribution in [0.2, 0.25) is 0 Å². The van der Waals surface area contributed by atoms with Gasteiger partial charge in [0.25, 0.3) is 5.91 Å². The van der Waals surface area contributed by atoms with Gasteiger partial charge in [0.05, 0.1) is 6.61 Å². The van der Waals surface area contributed by atoms with Crippen molar-refractivity contribution in [3.63, 3.8) is 0 Å². The van der Waals surface area contributed by atoms with E-state index in [4.69, 9.17) is 5.11 Å². The standard InChI is InChI=1S/C9H12BrNO3S/c1-9(14,5-12)4-11-8(13)7-6(10)2-3-15-7/h2-3,12,14H,4-5H2,1H3,(H,11,13). The molecule has 0 radical (unpaired) electrons. The molecule has 1 aromatic heterocycles. The van der Waals surface area contributed by atoms with E-state index in [1.165, 1.54) is 18.3 Å². The number of aliphatic hydroxyl groups is 2. The number of carbonyl (C=O) groups excluding carboxylic acids is 1. The monoisotopic (exact) mass is 293 g/mol. The fraction of sp³-hybridized carbons (Fsp3) is 0.444. The quantitative estimate of drug-likeness (QED) is 0.775. The van der Waals surface area contributed by atoms with Gasteiger partial charge in [-0.25, -0.2) is 0 Å². The first kappa shape index (κ1) is 12.6. The molecule has 0 aliphatic heterocycles. The van der Waals surface area contributed by atoms with Crippen LogP contribution in [-0.2, 0) is 0 Å². The number of hydrogen-bond acceptors (Lipinski definition) is 4. The zero-order valence-corrected chi connectivity index (χ0v) is 10.6. The summed E-state index contributed by atoms with van der Waals surface area (Å²) in [6.07, 6.45) is 0. The van der Waals surface area contributed by atoms with Crippen LogP contribution in [0.25, 0.3) is 0 Å². The molecule has 1 atom stereocenters. The molecule has 0 saturated heterocycles. The van der Waals surface area contributed by atoms with Gasteiger partial charge in [-0.2, -0.15) is 0 Å². The number of halogens is 1. The number of nitrogens with one attached hydrogen (secondary N) is 1. The van der Waals surface area contributed by atoms with Gasteiger partial charge in [-0.15, -0.1) is 11.3 Å². The van der Waals surface area contributed by atoms with Crippen molar-refractivity contribution >= 4 is 33.2 Å². The molecule has 1 amide bonds. The van der Waals surface area contributed by atoms with Gasteiger partial charge < -0.3 is 15.5 Å². The molecule has 0 spiro atoms. The molecule has 3 N–H and O–H groups in total. The minimum Gasteiger partial charge on any atom is -0.393 e. The Morgan fingerprint density at radius 2 is 2.40 bits per heavy atom. The Morgan fingerprint density at radius 1 is 1.73 bits per heavy atom. The molecule has 1 rings (SSSR count). The highest BCUT2D eigenvalue weighted by Crippen LogP contribution is 2.22. The smallest absolute Gasteiger partial charge is 0.262 e. The number of hydrogen-bond donors (Lipinski definition) is 3. The number of aliphatic hydroxyl groups excluding tert-OH is 1. The minimum absolute atomic E-state index is 0.0205. The molecule has 6 heteroatoms. The van der Waals surface area contributed by atoms with E-state index >= 15 is 0 Å². The third-order valence-corrected chi connectivity index (χ3v) is 3.63. The van der Waals surface area contributed by atoms with E-state index < -0.39 is 5.60 Å². The van der Waals surface area contributed by atoms with Crippen molar-refractivity contribution in [2.24, 2.45) is 0 Å². The molecular formula is C9H12BrNO3S. The predicted molar refractivity (Wildman–Crippen MR) is 62.1 cm³/mol. The average molecular weight is 294 g/mol. The Hall–Kier alpha value is -0.430. The van der Waals surface area contributed by atoms with Crippen molar-refractivity contribution in [3.05, 3.63) is 20.8 Å². The summed E-state index contributed by atoms with van der Waals surface area (Å²) in [7, 11) is 0. The maximum absolute atomic E-state index is 11.6. The summed E-state index contributed by atoms with van der Waals surface area (Å²) in [5.74, 6) is -0.259. The van der Waals surface area contributed by atoms with Crippen LogP contribution >= 0.6 is 27.3 Å². The van der Waals surface area contributed by atoms with Crippen molar-refractivity contribution in [1.82, 2.24) is 5.32 Å². The Labute approximate surface area is 100 Å². The number of thiophene rings is 1. The average Bonchev–Trinajstić information content (AvgIpc) is 2.61. The summed E-state index contributed by atoms with van der Waals surface area (Å²) in [5.41, 5.74) is -1.28. The van der Waals surface area contributed by atoms with Gasteiger partial charge in [-0.3, -0.25) is 4.79 Å². The summed E-state index contributed by atoms with van der Waals surface area (Å²) in [6.45, 7) is 1.09. The minimum atomic E-state index is -1.28. The van der Waals surface area contributed by atoms with Gasteiger partial charge >= 0.3 is 0 Å². The largest absolute Gasteiger partial charge is 0.393 e. The van der Waals surface area contributed by atoms with E-state index in [9.17, 15) is 9.90 Å². The van der Waals surface area contributed by atoms with Crippen LogP contribution in [0.1, 0.15) is 16.6 Å². The Balaban J connectivity index is 2.55. The van der Waals surface area contributed by atoms with Crippen LogP contribution in [0.5, 0.6) is 0 Å². The van der Waals surface area contributed by atoms with E-state index in [0.717, 1.165) is 4.47 Å². The van der Waals surface area contributed by atoms with Crippen LogP contribution in [0.3, 0.4) is 0 Å². The first-order chi connectivity index (χ1) is 6.96. The molecule has 1 unspecified atom stereocenters. The topological polar surface area (TPSA) is 69.6 Å². The molecule has 1 heterocycles. The van der Waals surface area contributed by atoms with Crippen molar-refractivity contribution in [3.8, 4) is 0 Å². The van der Waals surface area contributed by atoms with E-state index in [1.807, 2.05) is 0 Å². The van der Waals surface area contributed by atoms with Crippen LogP contribution < -0.4 is 5.32 Å². The van der Waals surface area contributed by atoms with Gasteiger partial charge in [0.15, 0.2) is 0 Å². The molecule has 1 aromatic rings. The van der Waals surface area contributed by atoms with Gasteiger partial charge in [-0.1, -0.05) is 0 Å². The molecular weight excluding hydrogens is 282 g/mol. The first-order valence-electron chi connectivity index (χ1n) is 4.31. The normalized spacial score (nSPS) is 14.7. The van der Waals surface area contributed by atoms with Crippen LogP contribution in [0, 0.1) is 0 Å². The molecule has 0 fully saturated rings. The van der Waals surface area contributed by atoms with Gasteiger partial charge in [0.1, 0.15) is 10.5 Å². The summed E-state index contributed by atoms with van der Waals surface area (Å²) in [5, 5.41) is 22.6. The van der Waals surface area contributed by atoms with Gasteiger partial charge in [-0.05, 0) is 34.3 Å². The maximum Gasteiger partial charge on any atom is 0.262 e. The lowest BCUT2D eigenvalue weighted by Gasteiger charge is -2.20. The van der Waals surface area contributed by atoms with Gasteiger partial charge in [0.2, 0.25) is 0 Å². The number of rotatable bonds is 4. The van der Waals surface area contributed by atoms with E-state index in [-0.39, 0.29) is 19.1 Å². The van der Waals surface area contributed by atoms with Crippen molar-refractivity contribution in [2.75, 3.05) is 13.2 Å². The molecule has 0 aliphatic rings. The van der Waals surface area contributed by atoms with E-state index in [2.05, 4.69) is 21.2 Å². The fourth-order valence-electron chi connectivity index (χ4n) is 0.863. The van der Waals surface area contributed by atoms with E-state index in [1.54, 1.807) is 11.4 Å². The summed E-state index contributed by atoms with van der Waals surface area (Å²) >= 11 is 4.55. The molecule has 0 aliphatic carbocycles. The number of carbonyl (C=O) groups is 1. The van der Waals surface area contributed by atoms with Gasteiger partial charge in [0, 0.05) is 11.0 Å². The molecule has 0 bridgehead atoms. The Kier molecular flexibility index (Phi) is 4.27. The maximum atomic E-state index is 11.6. The third-order valence-electron chi connectivity index (χ3n) is 1.79. The summed E-state index contributed by atoms with van der Waals surface area (Å²) in [6, 6.07) is 1.78. The van der Waals surface area contributed by atoms with Crippen LogP contribution in [0.4, 0.5) is 0 Å². The Bertz CT molecular complexity index is 351. The van der Waals surface area contributed by atoms with Crippen molar-refractivity contribution in [2.45, 2.75) is 12.5 Å². The molecule has 0 aromatic carbocycles. The highest BCUT2D eigenvalue weighted by atomic mass is 79.9. The predicted octanol–water partition coefficient (Wildman–Crippen LogP) is 0.984. The van der Waals surface area contributed by atoms with Crippen molar-refractivity contribution < 1.29 is 15.0 Å². The Morgan fingerprint density at radius 3 is 2.87 bits per heavy atom. The molecule has 84 valence electrons. The second kappa shape index (κ2) is 5.07. The third kappa shape index (κ3) is 3.57. The second-order valence-electron chi connectivity index (χ2n) is 3.44. The SMILES string of the molecule is CC(O)(CO)CNC(=O)c1sccc1Br. The molecule has 15 heavy (non-hydrogen) atoms. The summed E-state index contributed by atoms with van der Waals surface area (Å²) in [4.78, 5) is 12.1. The fourth-order valence-corrected chi connectivity index (χ4v) is 2.33. The zero-order chi connectivity index (χ0) is 11.5. The van der Waals surface area contributed by atoms with Crippen LogP contribution in [0.15, 0.2) is 15.9 Å². The molecule has 0 saturated carbocycles. The molecule has 4 nitrogen and oxygen atoms in total. The lowest BCUT2D eigenvalue weighted by Crippen LogP contribution is -2.43. The summed E-state index contributed by atoms with van der Waals surface area (Å²) < 4.78 is 0.730. The van der Waals surface area contributed by atoms with Crippen molar-refractivity contribution in [1.29, 1.82) is 0 Å². The van der Waals surface area contributed by atoms with Crippen LogP contribution in [-0.4, -0.2) is 34.9 Å². The first-order valence-corrected chi connectivity index (χ1v) is 5.98. The lowest BCUT2D eigenvalue weighted by molar-refractivity contribution is 0.00323. The van der Waals surface area contributed by atoms with E-state index in [0.29, 0.717) is 4.88 Å². The highest BCUT2D eigenvalue weighted by Gasteiger charge is 2.21. The zero-order valence-electron chi connectivity index (χ0n) is 8.16. The number of amides is 1. The second-order valence-corrected chi connectivity index (χ2v) is 5.21.